The molecule has 1 aliphatic rings. The van der Waals surface area contributed by atoms with E-state index in [4.69, 9.17) is 10.5 Å². The molecule has 0 spiro atoms. The molecule has 2 heterocycles. The Morgan fingerprint density at radius 1 is 1.75 bits per heavy atom. The monoisotopic (exact) mass is 241 g/mol. The zero-order valence-electron chi connectivity index (χ0n) is 9.63. The van der Waals surface area contributed by atoms with E-state index in [0.29, 0.717) is 0 Å². The molecule has 1 saturated heterocycles. The van der Waals surface area contributed by atoms with Gasteiger partial charge < -0.3 is 10.5 Å². The first-order valence-electron chi connectivity index (χ1n) is 5.69. The third kappa shape index (κ3) is 2.99. The van der Waals surface area contributed by atoms with Gasteiger partial charge in [0.2, 0.25) is 0 Å². The molecule has 1 aromatic heterocycles. The lowest BCUT2D eigenvalue weighted by atomic mass is 10.1. The molecule has 1 aliphatic heterocycles. The topological polar surface area (TPSA) is 53.1 Å². The van der Waals surface area contributed by atoms with Crippen LogP contribution in [0, 0.1) is 0 Å². The van der Waals surface area contributed by atoms with Crippen molar-refractivity contribution in [2.45, 2.75) is 25.0 Å². The Morgan fingerprint density at radius 3 is 3.25 bits per heavy atom. The Kier molecular flexibility index (Phi) is 4.26. The number of ether oxygens (including phenoxy) is 1. The minimum Gasteiger partial charge on any atom is -0.375 e. The molecule has 0 bridgehead atoms. The van der Waals surface area contributed by atoms with Gasteiger partial charge >= 0.3 is 0 Å². The number of rotatable bonds is 4. The lowest BCUT2D eigenvalue weighted by Gasteiger charge is -2.27. The average molecular weight is 241 g/mol. The summed E-state index contributed by atoms with van der Waals surface area (Å²) >= 11 is 1.94. The van der Waals surface area contributed by atoms with Crippen LogP contribution in [-0.4, -0.2) is 40.0 Å². The molecule has 1 fully saturated rings. The van der Waals surface area contributed by atoms with Crippen molar-refractivity contribution in [3.63, 3.8) is 0 Å². The SMILES string of the molecule is Cn1nccc1CCC(N)C1CSCCO1. The van der Waals surface area contributed by atoms with Crippen LogP contribution in [0.5, 0.6) is 0 Å². The van der Waals surface area contributed by atoms with Crippen LogP contribution in [0.3, 0.4) is 0 Å². The van der Waals surface area contributed by atoms with Gasteiger partial charge in [0.25, 0.3) is 0 Å². The van der Waals surface area contributed by atoms with E-state index in [2.05, 4.69) is 5.10 Å². The summed E-state index contributed by atoms with van der Waals surface area (Å²) in [6.07, 6.45) is 3.99. The van der Waals surface area contributed by atoms with E-state index >= 15 is 0 Å². The second-order valence-corrected chi connectivity index (χ2v) is 5.28. The Labute approximate surface area is 101 Å². The van der Waals surface area contributed by atoms with Gasteiger partial charge in [0.15, 0.2) is 0 Å². The minimum absolute atomic E-state index is 0.141. The van der Waals surface area contributed by atoms with Crippen LogP contribution in [0.1, 0.15) is 12.1 Å². The fourth-order valence-corrected chi connectivity index (χ4v) is 2.86. The fourth-order valence-electron chi connectivity index (χ4n) is 1.90. The maximum atomic E-state index is 6.15. The predicted molar refractivity (Wildman–Crippen MR) is 66.6 cm³/mol. The zero-order valence-corrected chi connectivity index (χ0v) is 10.4. The van der Waals surface area contributed by atoms with Crippen molar-refractivity contribution in [3.05, 3.63) is 18.0 Å². The highest BCUT2D eigenvalue weighted by Gasteiger charge is 2.21. The molecule has 1 aromatic rings. The van der Waals surface area contributed by atoms with E-state index < -0.39 is 0 Å². The second kappa shape index (κ2) is 5.70. The summed E-state index contributed by atoms with van der Waals surface area (Å²) in [4.78, 5) is 0. The molecule has 90 valence electrons. The van der Waals surface area contributed by atoms with Gasteiger partial charge in [-0.1, -0.05) is 0 Å². The summed E-state index contributed by atoms with van der Waals surface area (Å²) < 4.78 is 7.58. The van der Waals surface area contributed by atoms with E-state index in [0.717, 1.165) is 31.0 Å². The van der Waals surface area contributed by atoms with E-state index in [1.807, 2.05) is 35.8 Å². The minimum atomic E-state index is 0.141. The standard InChI is InChI=1S/C11H19N3OS/c1-14-9(4-5-13-14)2-3-10(12)11-8-16-7-6-15-11/h4-5,10-11H,2-3,6-8,12H2,1H3. The molecule has 2 unspecified atom stereocenters. The predicted octanol–water partition coefficient (Wildman–Crippen LogP) is 0.812. The number of nitrogens with zero attached hydrogens (tertiary/aromatic N) is 2. The van der Waals surface area contributed by atoms with Crippen molar-refractivity contribution in [1.29, 1.82) is 0 Å². The van der Waals surface area contributed by atoms with Gasteiger partial charge in [-0.15, -0.1) is 0 Å². The Hall–Kier alpha value is -0.520. The van der Waals surface area contributed by atoms with Crippen LogP contribution in [0.25, 0.3) is 0 Å². The van der Waals surface area contributed by atoms with Gasteiger partial charge in [0, 0.05) is 36.5 Å². The van der Waals surface area contributed by atoms with Crippen molar-refractivity contribution in [2.75, 3.05) is 18.1 Å². The van der Waals surface area contributed by atoms with E-state index in [-0.39, 0.29) is 12.1 Å². The molecule has 0 saturated carbocycles. The van der Waals surface area contributed by atoms with Gasteiger partial charge in [-0.2, -0.15) is 16.9 Å². The molecule has 0 aliphatic carbocycles. The second-order valence-electron chi connectivity index (χ2n) is 4.13. The largest absolute Gasteiger partial charge is 0.375 e. The maximum Gasteiger partial charge on any atom is 0.0816 e. The number of thioether (sulfide) groups is 1. The normalized spacial score (nSPS) is 23.2. The summed E-state index contributed by atoms with van der Waals surface area (Å²) in [6.45, 7) is 0.842. The molecule has 5 heteroatoms. The lowest BCUT2D eigenvalue weighted by Crippen LogP contribution is -2.41. The van der Waals surface area contributed by atoms with Gasteiger partial charge in [-0.25, -0.2) is 0 Å². The molecule has 2 N–H and O–H groups in total. The first kappa shape index (κ1) is 12.0. The molecule has 0 amide bonds. The molecular weight excluding hydrogens is 222 g/mol. The first-order valence-corrected chi connectivity index (χ1v) is 6.84. The lowest BCUT2D eigenvalue weighted by molar-refractivity contribution is 0.0551. The number of aromatic nitrogens is 2. The van der Waals surface area contributed by atoms with E-state index in [1.165, 1.54) is 5.69 Å². The van der Waals surface area contributed by atoms with Gasteiger partial charge in [0.05, 0.1) is 12.7 Å². The van der Waals surface area contributed by atoms with Crippen LogP contribution >= 0.6 is 11.8 Å². The van der Waals surface area contributed by atoms with Crippen LogP contribution in [0.15, 0.2) is 12.3 Å². The zero-order chi connectivity index (χ0) is 11.4. The smallest absolute Gasteiger partial charge is 0.0816 e. The molecule has 0 radical (unpaired) electrons. The van der Waals surface area contributed by atoms with Crippen molar-refractivity contribution >= 4 is 11.8 Å². The van der Waals surface area contributed by atoms with Crippen LogP contribution in [-0.2, 0) is 18.2 Å². The van der Waals surface area contributed by atoms with Crippen molar-refractivity contribution in [2.24, 2.45) is 12.8 Å². The summed E-state index contributed by atoms with van der Waals surface area (Å²) in [6, 6.07) is 2.19. The van der Waals surface area contributed by atoms with Gasteiger partial charge in [-0.3, -0.25) is 4.68 Å². The molecule has 2 atom stereocenters. The fraction of sp³-hybridized carbons (Fsp3) is 0.727. The van der Waals surface area contributed by atoms with E-state index in [1.54, 1.807) is 0 Å². The molecule has 16 heavy (non-hydrogen) atoms. The first-order chi connectivity index (χ1) is 7.77. The van der Waals surface area contributed by atoms with Crippen LogP contribution < -0.4 is 5.73 Å². The van der Waals surface area contributed by atoms with Gasteiger partial charge in [-0.05, 0) is 18.9 Å². The Bertz CT molecular complexity index is 323. The summed E-state index contributed by atoms with van der Waals surface area (Å²) in [5.41, 5.74) is 7.38. The maximum absolute atomic E-state index is 6.15. The summed E-state index contributed by atoms with van der Waals surface area (Å²) in [5.74, 6) is 2.14. The number of aryl methyl sites for hydroxylation is 2. The molecule has 4 nitrogen and oxygen atoms in total. The number of nitrogens with two attached hydrogens (primary N) is 1. The van der Waals surface area contributed by atoms with Crippen molar-refractivity contribution < 1.29 is 4.74 Å². The quantitative estimate of drug-likeness (QED) is 0.847. The van der Waals surface area contributed by atoms with Crippen LogP contribution in [0.4, 0.5) is 0 Å². The van der Waals surface area contributed by atoms with Crippen LogP contribution in [0.2, 0.25) is 0 Å². The highest BCUT2D eigenvalue weighted by molar-refractivity contribution is 7.99. The Morgan fingerprint density at radius 2 is 2.62 bits per heavy atom. The number of hydrogen-bond acceptors (Lipinski definition) is 4. The van der Waals surface area contributed by atoms with Crippen molar-refractivity contribution in [1.82, 2.24) is 9.78 Å². The number of hydrogen-bond donors (Lipinski definition) is 1. The highest BCUT2D eigenvalue weighted by atomic mass is 32.2. The summed E-state index contributed by atoms with van der Waals surface area (Å²) in [7, 11) is 1.97. The molecule has 2 rings (SSSR count). The van der Waals surface area contributed by atoms with E-state index in [9.17, 15) is 0 Å². The molecular formula is C11H19N3OS. The third-order valence-corrected chi connectivity index (χ3v) is 4.00. The van der Waals surface area contributed by atoms with Crippen molar-refractivity contribution in [3.8, 4) is 0 Å². The highest BCUT2D eigenvalue weighted by Crippen LogP contribution is 2.17. The summed E-state index contributed by atoms with van der Waals surface area (Å²) in [5, 5.41) is 4.15. The average Bonchev–Trinajstić information content (AvgIpc) is 2.73. The van der Waals surface area contributed by atoms with Gasteiger partial charge in [0.1, 0.15) is 0 Å². The third-order valence-electron chi connectivity index (χ3n) is 2.98. The molecule has 0 aromatic carbocycles. The Balaban J connectivity index is 1.78.